The SMILES string of the molecule is O=S(=O)(c1ccccc1NCC1CCCC1CO)C(F)F. The fourth-order valence-corrected chi connectivity index (χ4v) is 3.73. The minimum atomic E-state index is -4.62. The molecule has 0 aliphatic heterocycles. The van der Waals surface area contributed by atoms with Crippen molar-refractivity contribution >= 4 is 15.5 Å². The van der Waals surface area contributed by atoms with Crippen molar-refractivity contribution in [1.82, 2.24) is 0 Å². The minimum absolute atomic E-state index is 0.101. The molecule has 2 unspecified atom stereocenters. The van der Waals surface area contributed by atoms with Crippen LogP contribution in [0.2, 0.25) is 0 Å². The van der Waals surface area contributed by atoms with Gasteiger partial charge in [0.2, 0.25) is 9.84 Å². The van der Waals surface area contributed by atoms with Crippen LogP contribution in [-0.4, -0.2) is 32.4 Å². The van der Waals surface area contributed by atoms with E-state index in [0.29, 0.717) is 6.54 Å². The van der Waals surface area contributed by atoms with E-state index in [-0.39, 0.29) is 29.0 Å². The molecule has 21 heavy (non-hydrogen) atoms. The molecule has 0 heterocycles. The average Bonchev–Trinajstić information content (AvgIpc) is 2.92. The number of halogens is 2. The summed E-state index contributed by atoms with van der Waals surface area (Å²) in [5, 5.41) is 12.2. The number of alkyl halides is 2. The molecule has 1 aromatic carbocycles. The predicted octanol–water partition coefficient (Wildman–Crippen LogP) is 2.50. The van der Waals surface area contributed by atoms with E-state index >= 15 is 0 Å². The van der Waals surface area contributed by atoms with Crippen molar-refractivity contribution in [3.8, 4) is 0 Å². The number of sulfone groups is 1. The Labute approximate surface area is 123 Å². The molecule has 0 bridgehead atoms. The standard InChI is InChI=1S/C14H19F2NO3S/c15-14(16)21(19,20)13-7-2-1-6-12(13)17-8-10-4-3-5-11(10)9-18/h1-2,6-7,10-11,14,17-18H,3-5,8-9H2. The highest BCUT2D eigenvalue weighted by molar-refractivity contribution is 7.91. The highest BCUT2D eigenvalue weighted by Gasteiger charge is 2.30. The zero-order valence-electron chi connectivity index (χ0n) is 11.5. The summed E-state index contributed by atoms with van der Waals surface area (Å²) >= 11 is 0. The third-order valence-corrected chi connectivity index (χ3v) is 5.47. The molecule has 1 saturated carbocycles. The fraction of sp³-hybridized carbons (Fsp3) is 0.571. The van der Waals surface area contributed by atoms with Gasteiger partial charge in [-0.15, -0.1) is 0 Å². The Morgan fingerprint density at radius 2 is 1.90 bits per heavy atom. The maximum absolute atomic E-state index is 12.7. The molecule has 1 fully saturated rings. The van der Waals surface area contributed by atoms with Gasteiger partial charge in [0.15, 0.2) is 0 Å². The van der Waals surface area contributed by atoms with Crippen LogP contribution in [0.1, 0.15) is 19.3 Å². The predicted molar refractivity (Wildman–Crippen MR) is 76.0 cm³/mol. The number of aliphatic hydroxyl groups is 1. The van der Waals surface area contributed by atoms with Gasteiger partial charge < -0.3 is 10.4 Å². The summed E-state index contributed by atoms with van der Waals surface area (Å²) in [6.45, 7) is 0.574. The molecule has 1 aromatic rings. The van der Waals surface area contributed by atoms with E-state index in [4.69, 9.17) is 0 Å². The smallest absolute Gasteiger partial charge is 0.341 e. The highest BCUT2D eigenvalue weighted by atomic mass is 32.2. The minimum Gasteiger partial charge on any atom is -0.396 e. The number of hydrogen-bond acceptors (Lipinski definition) is 4. The van der Waals surface area contributed by atoms with Gasteiger partial charge in [0.1, 0.15) is 0 Å². The Morgan fingerprint density at radius 1 is 1.24 bits per heavy atom. The van der Waals surface area contributed by atoms with E-state index in [9.17, 15) is 22.3 Å². The molecule has 2 rings (SSSR count). The number of hydrogen-bond donors (Lipinski definition) is 2. The average molecular weight is 319 g/mol. The van der Waals surface area contributed by atoms with Gasteiger partial charge in [-0.1, -0.05) is 18.6 Å². The van der Waals surface area contributed by atoms with Gasteiger partial charge >= 0.3 is 5.76 Å². The number of benzene rings is 1. The Kier molecular flexibility index (Phi) is 5.16. The van der Waals surface area contributed by atoms with Gasteiger partial charge in [-0.25, -0.2) is 8.42 Å². The third-order valence-electron chi connectivity index (χ3n) is 4.03. The van der Waals surface area contributed by atoms with Gasteiger partial charge in [0.05, 0.1) is 10.6 Å². The lowest BCUT2D eigenvalue weighted by atomic mass is 9.97. The molecule has 0 saturated heterocycles. The number of rotatable bonds is 6. The van der Waals surface area contributed by atoms with Crippen molar-refractivity contribution in [3.63, 3.8) is 0 Å². The number of anilines is 1. The first-order valence-corrected chi connectivity index (χ1v) is 8.47. The Morgan fingerprint density at radius 3 is 2.57 bits per heavy atom. The molecule has 1 aliphatic rings. The van der Waals surface area contributed by atoms with E-state index < -0.39 is 15.6 Å². The zero-order valence-corrected chi connectivity index (χ0v) is 12.3. The first-order chi connectivity index (χ1) is 9.96. The number of nitrogens with one attached hydrogen (secondary N) is 1. The molecule has 1 aliphatic carbocycles. The molecule has 2 N–H and O–H groups in total. The zero-order chi connectivity index (χ0) is 15.5. The summed E-state index contributed by atoms with van der Waals surface area (Å²) in [4.78, 5) is -0.376. The maximum Gasteiger partial charge on any atom is 0.341 e. The Hall–Kier alpha value is -1.21. The Balaban J connectivity index is 2.14. The van der Waals surface area contributed by atoms with Gasteiger partial charge in [-0.05, 0) is 36.8 Å². The molecule has 7 heteroatoms. The van der Waals surface area contributed by atoms with Crippen molar-refractivity contribution in [1.29, 1.82) is 0 Å². The number of aliphatic hydroxyl groups excluding tert-OH is 1. The van der Waals surface area contributed by atoms with E-state index in [0.717, 1.165) is 19.3 Å². The Bertz CT molecular complexity index is 577. The molecule has 0 radical (unpaired) electrons. The lowest BCUT2D eigenvalue weighted by Gasteiger charge is -2.19. The van der Waals surface area contributed by atoms with Gasteiger partial charge in [-0.3, -0.25) is 0 Å². The van der Waals surface area contributed by atoms with E-state index in [2.05, 4.69) is 5.32 Å². The third kappa shape index (κ3) is 3.52. The first-order valence-electron chi connectivity index (χ1n) is 6.92. The molecule has 2 atom stereocenters. The van der Waals surface area contributed by atoms with Crippen LogP contribution in [0, 0.1) is 11.8 Å². The lowest BCUT2D eigenvalue weighted by Crippen LogP contribution is -2.22. The summed E-state index contributed by atoms with van der Waals surface area (Å²) in [6.07, 6.45) is 2.91. The van der Waals surface area contributed by atoms with Crippen LogP contribution in [0.3, 0.4) is 0 Å². The van der Waals surface area contributed by atoms with Crippen LogP contribution in [0.15, 0.2) is 29.2 Å². The summed E-state index contributed by atoms with van der Waals surface area (Å²) in [5.41, 5.74) is 0.196. The van der Waals surface area contributed by atoms with Crippen molar-refractivity contribution in [2.24, 2.45) is 11.8 Å². The van der Waals surface area contributed by atoms with E-state index in [1.54, 1.807) is 6.07 Å². The van der Waals surface area contributed by atoms with Crippen molar-refractivity contribution in [3.05, 3.63) is 24.3 Å². The van der Waals surface area contributed by atoms with Crippen LogP contribution < -0.4 is 5.32 Å². The molecular weight excluding hydrogens is 300 g/mol. The number of para-hydroxylation sites is 1. The lowest BCUT2D eigenvalue weighted by molar-refractivity contribution is 0.199. The van der Waals surface area contributed by atoms with Crippen LogP contribution in [0.5, 0.6) is 0 Å². The van der Waals surface area contributed by atoms with Gasteiger partial charge in [0.25, 0.3) is 0 Å². The van der Waals surface area contributed by atoms with Gasteiger partial charge in [0, 0.05) is 13.2 Å². The summed E-state index contributed by atoms with van der Waals surface area (Å²) < 4.78 is 48.7. The highest BCUT2D eigenvalue weighted by Crippen LogP contribution is 2.32. The van der Waals surface area contributed by atoms with Crippen LogP contribution in [0.4, 0.5) is 14.5 Å². The first kappa shape index (κ1) is 16.2. The summed E-state index contributed by atoms with van der Waals surface area (Å²) in [5.74, 6) is -3.01. The largest absolute Gasteiger partial charge is 0.396 e. The van der Waals surface area contributed by atoms with Crippen molar-refractivity contribution in [2.45, 2.75) is 29.9 Å². The van der Waals surface area contributed by atoms with Gasteiger partial charge in [-0.2, -0.15) is 8.78 Å². The maximum atomic E-state index is 12.7. The normalized spacial score (nSPS) is 22.7. The molecule has 0 spiro atoms. The second-order valence-corrected chi connectivity index (χ2v) is 7.20. The molecule has 0 aromatic heterocycles. The molecule has 118 valence electrons. The quantitative estimate of drug-likeness (QED) is 0.845. The van der Waals surface area contributed by atoms with Crippen LogP contribution in [-0.2, 0) is 9.84 Å². The topological polar surface area (TPSA) is 66.4 Å². The van der Waals surface area contributed by atoms with Crippen LogP contribution in [0.25, 0.3) is 0 Å². The van der Waals surface area contributed by atoms with E-state index in [1.807, 2.05) is 0 Å². The fourth-order valence-electron chi connectivity index (χ4n) is 2.82. The van der Waals surface area contributed by atoms with Crippen molar-refractivity contribution in [2.75, 3.05) is 18.5 Å². The second kappa shape index (κ2) is 6.70. The molecule has 0 amide bonds. The second-order valence-electron chi connectivity index (χ2n) is 5.32. The van der Waals surface area contributed by atoms with Crippen molar-refractivity contribution < 1.29 is 22.3 Å². The summed E-state index contributed by atoms with van der Waals surface area (Å²) in [7, 11) is -4.62. The summed E-state index contributed by atoms with van der Waals surface area (Å²) in [6, 6.07) is 5.69. The molecule has 4 nitrogen and oxygen atoms in total. The van der Waals surface area contributed by atoms with E-state index in [1.165, 1.54) is 18.2 Å². The molecular formula is C14H19F2NO3S. The van der Waals surface area contributed by atoms with Crippen LogP contribution >= 0.6 is 0 Å². The monoisotopic (exact) mass is 319 g/mol.